The zero-order valence-corrected chi connectivity index (χ0v) is 18.4. The molecule has 0 radical (unpaired) electrons. The first-order chi connectivity index (χ1) is 16.5. The van der Waals surface area contributed by atoms with Gasteiger partial charge in [0.15, 0.2) is 0 Å². The van der Waals surface area contributed by atoms with Gasteiger partial charge >= 0.3 is 5.97 Å². The highest BCUT2D eigenvalue weighted by Gasteiger charge is 2.19. The number of anilines is 1. The number of ether oxygens (including phenoxy) is 1. The molecule has 0 atom stereocenters. The number of carboxylic acids is 1. The van der Waals surface area contributed by atoms with Gasteiger partial charge in [-0.15, -0.1) is 0 Å². The number of hydrogen-bond acceptors (Lipinski definition) is 4. The normalized spacial score (nSPS) is 12.4. The molecule has 5 rings (SSSR count). The van der Waals surface area contributed by atoms with Gasteiger partial charge in [0.05, 0.1) is 11.8 Å². The van der Waals surface area contributed by atoms with Crippen LogP contribution in [-0.4, -0.2) is 22.6 Å². The fourth-order valence-corrected chi connectivity index (χ4v) is 4.23. The number of aromatic carboxylic acids is 1. The van der Waals surface area contributed by atoms with Gasteiger partial charge in [-0.05, 0) is 58.5 Å². The second-order valence-electron chi connectivity index (χ2n) is 8.35. The van der Waals surface area contributed by atoms with E-state index in [0.29, 0.717) is 12.4 Å². The molecule has 0 amide bonds. The van der Waals surface area contributed by atoms with Crippen LogP contribution >= 0.6 is 0 Å². The maximum absolute atomic E-state index is 13.7. The van der Waals surface area contributed by atoms with Crippen LogP contribution in [0.15, 0.2) is 85.2 Å². The minimum atomic E-state index is -1.04. The van der Waals surface area contributed by atoms with E-state index in [-0.39, 0.29) is 11.4 Å². The van der Waals surface area contributed by atoms with Crippen molar-refractivity contribution in [1.82, 2.24) is 4.98 Å². The van der Waals surface area contributed by atoms with Gasteiger partial charge in [-0.1, -0.05) is 48.5 Å². The van der Waals surface area contributed by atoms with E-state index in [1.165, 1.54) is 35.7 Å². The number of fused-ring (bicyclic) bond motifs is 1. The number of pyridine rings is 1. The molecule has 3 aromatic carbocycles. The number of halogens is 1. The van der Waals surface area contributed by atoms with Crippen LogP contribution in [0.1, 0.15) is 27.0 Å². The minimum absolute atomic E-state index is 0.0929. The number of aromatic nitrogens is 1. The van der Waals surface area contributed by atoms with Gasteiger partial charge in [-0.25, -0.2) is 9.18 Å². The number of nitrogens with zero attached hydrogens (tertiary/aromatic N) is 2. The zero-order chi connectivity index (χ0) is 23.5. The van der Waals surface area contributed by atoms with E-state index in [0.717, 1.165) is 41.9 Å². The van der Waals surface area contributed by atoms with Crippen molar-refractivity contribution in [2.75, 3.05) is 11.4 Å². The first-order valence-corrected chi connectivity index (χ1v) is 11.1. The van der Waals surface area contributed by atoms with E-state index >= 15 is 0 Å². The maximum atomic E-state index is 13.7. The lowest BCUT2D eigenvalue weighted by Gasteiger charge is -2.20. The Balaban J connectivity index is 1.26. The third-order valence-corrected chi connectivity index (χ3v) is 5.99. The van der Waals surface area contributed by atoms with Gasteiger partial charge in [0, 0.05) is 25.0 Å². The van der Waals surface area contributed by atoms with E-state index in [4.69, 9.17) is 9.84 Å². The molecule has 1 aliphatic rings. The Bertz CT molecular complexity index is 1340. The van der Waals surface area contributed by atoms with Crippen molar-refractivity contribution in [3.8, 4) is 16.9 Å². The summed E-state index contributed by atoms with van der Waals surface area (Å²) in [6.45, 7) is 1.94. The lowest BCUT2D eigenvalue weighted by atomic mass is 10.0. The Labute approximate surface area is 197 Å². The molecule has 0 bridgehead atoms. The molecule has 0 saturated heterocycles. The van der Waals surface area contributed by atoms with E-state index in [9.17, 15) is 9.18 Å². The standard InChI is InChI=1S/C28H23FN2O3/c29-25-9-8-22-10-11-31(27(22)14-25)17-20-2-1-3-23(12-20)21-6-4-19(5-7-21)18-34-26-13-24(28(32)33)15-30-16-26/h1-9,12-16H,10-11,17-18H2,(H,32,33). The molecular weight excluding hydrogens is 431 g/mol. The second kappa shape index (κ2) is 9.35. The third kappa shape index (κ3) is 4.76. The Morgan fingerprint density at radius 3 is 2.65 bits per heavy atom. The average Bonchev–Trinajstić information content (AvgIpc) is 3.25. The monoisotopic (exact) mass is 454 g/mol. The molecule has 1 aromatic heterocycles. The van der Waals surface area contributed by atoms with Crippen LogP contribution < -0.4 is 9.64 Å². The van der Waals surface area contributed by atoms with E-state index in [1.54, 1.807) is 6.07 Å². The Morgan fingerprint density at radius 1 is 0.971 bits per heavy atom. The number of benzene rings is 3. The Kier molecular flexibility index (Phi) is 5.95. The highest BCUT2D eigenvalue weighted by Crippen LogP contribution is 2.31. The number of carboxylic acid groups (broad SMARTS) is 1. The summed E-state index contributed by atoms with van der Waals surface area (Å²) in [5.41, 5.74) is 6.62. The van der Waals surface area contributed by atoms with Crippen molar-refractivity contribution in [1.29, 1.82) is 0 Å². The lowest BCUT2D eigenvalue weighted by Crippen LogP contribution is -2.19. The zero-order valence-electron chi connectivity index (χ0n) is 18.4. The van der Waals surface area contributed by atoms with Gasteiger partial charge in [-0.2, -0.15) is 0 Å². The third-order valence-electron chi connectivity index (χ3n) is 5.99. The van der Waals surface area contributed by atoms with Crippen LogP contribution in [0.5, 0.6) is 5.75 Å². The summed E-state index contributed by atoms with van der Waals surface area (Å²) in [5.74, 6) is -0.819. The fraction of sp³-hybridized carbons (Fsp3) is 0.143. The molecule has 6 heteroatoms. The summed E-state index contributed by atoms with van der Waals surface area (Å²) in [4.78, 5) is 17.2. The van der Waals surface area contributed by atoms with Crippen LogP contribution in [-0.2, 0) is 19.6 Å². The summed E-state index contributed by atoms with van der Waals surface area (Å²) < 4.78 is 19.4. The summed E-state index contributed by atoms with van der Waals surface area (Å²) in [6.07, 6.45) is 3.73. The van der Waals surface area contributed by atoms with Gasteiger partial charge in [0.1, 0.15) is 18.2 Å². The van der Waals surface area contributed by atoms with Crippen LogP contribution in [0.3, 0.4) is 0 Å². The molecule has 0 aliphatic carbocycles. The molecule has 4 aromatic rings. The predicted molar refractivity (Wildman–Crippen MR) is 129 cm³/mol. The van der Waals surface area contributed by atoms with Gasteiger partial charge in [0.2, 0.25) is 0 Å². The van der Waals surface area contributed by atoms with Crippen molar-refractivity contribution in [3.05, 3.63) is 113 Å². The number of carbonyl (C=O) groups is 1. The first-order valence-electron chi connectivity index (χ1n) is 11.1. The lowest BCUT2D eigenvalue weighted by molar-refractivity contribution is 0.0696. The topological polar surface area (TPSA) is 62.7 Å². The summed E-state index contributed by atoms with van der Waals surface area (Å²) in [6, 6.07) is 23.0. The van der Waals surface area contributed by atoms with Gasteiger partial charge in [0.25, 0.3) is 0 Å². The number of rotatable bonds is 7. The molecule has 0 saturated carbocycles. The average molecular weight is 455 g/mol. The Hall–Kier alpha value is -4.19. The van der Waals surface area contributed by atoms with Crippen LogP contribution in [0.4, 0.5) is 10.1 Å². The largest absolute Gasteiger partial charge is 0.487 e. The molecule has 0 unspecified atom stereocenters. The minimum Gasteiger partial charge on any atom is -0.487 e. The fourth-order valence-electron chi connectivity index (χ4n) is 4.23. The van der Waals surface area contributed by atoms with Crippen LogP contribution in [0.2, 0.25) is 0 Å². The summed E-state index contributed by atoms with van der Waals surface area (Å²) in [5, 5.41) is 9.07. The molecule has 1 aliphatic heterocycles. The van der Waals surface area contributed by atoms with E-state index in [1.807, 2.05) is 36.4 Å². The molecule has 0 fully saturated rings. The van der Waals surface area contributed by atoms with E-state index in [2.05, 4.69) is 28.1 Å². The van der Waals surface area contributed by atoms with Crippen molar-refractivity contribution < 1.29 is 19.0 Å². The predicted octanol–water partition coefficient (Wildman–Crippen LogP) is 5.73. The molecule has 34 heavy (non-hydrogen) atoms. The van der Waals surface area contributed by atoms with Crippen molar-refractivity contribution >= 4 is 11.7 Å². The maximum Gasteiger partial charge on any atom is 0.337 e. The van der Waals surface area contributed by atoms with Gasteiger partial charge in [-0.3, -0.25) is 4.98 Å². The molecule has 1 N–H and O–H groups in total. The van der Waals surface area contributed by atoms with Crippen molar-refractivity contribution in [2.45, 2.75) is 19.6 Å². The summed E-state index contributed by atoms with van der Waals surface area (Å²) >= 11 is 0. The smallest absolute Gasteiger partial charge is 0.337 e. The Morgan fingerprint density at radius 2 is 1.82 bits per heavy atom. The summed E-state index contributed by atoms with van der Waals surface area (Å²) in [7, 11) is 0. The van der Waals surface area contributed by atoms with Crippen molar-refractivity contribution in [3.63, 3.8) is 0 Å². The van der Waals surface area contributed by atoms with Crippen LogP contribution in [0.25, 0.3) is 11.1 Å². The molecule has 2 heterocycles. The molecular formula is C28H23FN2O3. The highest BCUT2D eigenvalue weighted by molar-refractivity contribution is 5.87. The van der Waals surface area contributed by atoms with Gasteiger partial charge < -0.3 is 14.7 Å². The van der Waals surface area contributed by atoms with E-state index < -0.39 is 5.97 Å². The molecule has 170 valence electrons. The number of hydrogen-bond donors (Lipinski definition) is 1. The molecule has 5 nitrogen and oxygen atoms in total. The second-order valence-corrected chi connectivity index (χ2v) is 8.35. The first kappa shape index (κ1) is 21.6. The SMILES string of the molecule is O=C(O)c1cncc(OCc2ccc(-c3cccc(CN4CCc5ccc(F)cc54)c3)cc2)c1. The highest BCUT2D eigenvalue weighted by atomic mass is 19.1. The van der Waals surface area contributed by atoms with Crippen LogP contribution in [0, 0.1) is 5.82 Å². The van der Waals surface area contributed by atoms with Crippen molar-refractivity contribution in [2.24, 2.45) is 0 Å². The molecule has 0 spiro atoms. The quantitative estimate of drug-likeness (QED) is 0.387.